The van der Waals surface area contributed by atoms with Crippen LogP contribution in [0, 0.1) is 17.8 Å². The van der Waals surface area contributed by atoms with E-state index in [2.05, 4.69) is 0 Å². The lowest BCUT2D eigenvalue weighted by Crippen LogP contribution is -2.62. The fourth-order valence-electron chi connectivity index (χ4n) is 2.78. The van der Waals surface area contributed by atoms with E-state index in [0.29, 0.717) is 0 Å². The van der Waals surface area contributed by atoms with Crippen molar-refractivity contribution in [3.8, 4) is 0 Å². The van der Waals surface area contributed by atoms with Gasteiger partial charge in [-0.25, -0.2) is 0 Å². The number of rotatable bonds is 9. The summed E-state index contributed by atoms with van der Waals surface area (Å²) in [6.45, 7) is 9.94. The molecule has 0 radical (unpaired) electrons. The van der Waals surface area contributed by atoms with Gasteiger partial charge in [0.15, 0.2) is 24.6 Å². The predicted octanol–water partition coefficient (Wildman–Crippen LogP) is 1.18. The van der Waals surface area contributed by atoms with Crippen molar-refractivity contribution in [1.29, 1.82) is 0 Å². The highest BCUT2D eigenvalue weighted by Crippen LogP contribution is 2.29. The first-order chi connectivity index (χ1) is 13.5. The molecule has 0 aliphatic carbocycles. The van der Waals surface area contributed by atoms with Crippen molar-refractivity contribution < 1.29 is 43.5 Å². The van der Waals surface area contributed by atoms with Crippen molar-refractivity contribution in [1.82, 2.24) is 0 Å². The molecule has 0 aromatic heterocycles. The Kier molecular flexibility index (Phi) is 10.0. The summed E-state index contributed by atoms with van der Waals surface area (Å²) < 4.78 is 21.5. The molecule has 0 saturated carbocycles. The SMILES string of the molecule is CC(C)CC(=O)OC1[C@@H](OC(=O)CC(C)C)[C@@H](O)O[C@H](CO)[C@H]1OC(=O)C(C)C. The summed E-state index contributed by atoms with van der Waals surface area (Å²) in [6.07, 6.45) is -6.61. The lowest BCUT2D eigenvalue weighted by molar-refractivity contribution is -0.297. The van der Waals surface area contributed by atoms with Crippen LogP contribution < -0.4 is 0 Å². The van der Waals surface area contributed by atoms with Gasteiger partial charge >= 0.3 is 17.9 Å². The molecule has 1 aliphatic heterocycles. The number of aliphatic hydroxyl groups is 2. The molecular weight excluding hydrogens is 384 g/mol. The molecule has 0 bridgehead atoms. The van der Waals surface area contributed by atoms with Crippen molar-refractivity contribution in [2.75, 3.05) is 6.61 Å². The number of carbonyl (C=O) groups excluding carboxylic acids is 3. The number of aliphatic hydroxyl groups excluding tert-OH is 2. The van der Waals surface area contributed by atoms with Crippen LogP contribution in [0.5, 0.6) is 0 Å². The van der Waals surface area contributed by atoms with Crippen LogP contribution in [0.4, 0.5) is 0 Å². The first-order valence-corrected chi connectivity index (χ1v) is 10.00. The average molecular weight is 418 g/mol. The van der Waals surface area contributed by atoms with E-state index in [0.717, 1.165) is 0 Å². The van der Waals surface area contributed by atoms with Crippen LogP contribution >= 0.6 is 0 Å². The number of hydrogen-bond acceptors (Lipinski definition) is 9. The fraction of sp³-hybridized carbons (Fsp3) is 0.850. The van der Waals surface area contributed by atoms with Crippen molar-refractivity contribution in [3.63, 3.8) is 0 Å². The molecule has 1 heterocycles. The van der Waals surface area contributed by atoms with Gasteiger partial charge in [0, 0.05) is 12.8 Å². The molecule has 0 aromatic carbocycles. The van der Waals surface area contributed by atoms with Gasteiger partial charge in [-0.2, -0.15) is 0 Å². The molecule has 1 fully saturated rings. The number of hydrogen-bond donors (Lipinski definition) is 2. The van der Waals surface area contributed by atoms with Crippen LogP contribution in [0.2, 0.25) is 0 Å². The van der Waals surface area contributed by atoms with Gasteiger partial charge < -0.3 is 29.2 Å². The van der Waals surface area contributed by atoms with Crippen LogP contribution in [0.15, 0.2) is 0 Å². The van der Waals surface area contributed by atoms with Gasteiger partial charge in [0.2, 0.25) is 0 Å². The molecule has 0 spiro atoms. The number of carbonyl (C=O) groups is 3. The Morgan fingerprint density at radius 2 is 1.31 bits per heavy atom. The van der Waals surface area contributed by atoms with E-state index in [1.54, 1.807) is 13.8 Å². The van der Waals surface area contributed by atoms with Gasteiger partial charge in [-0.15, -0.1) is 0 Å². The first-order valence-electron chi connectivity index (χ1n) is 10.00. The Morgan fingerprint density at radius 3 is 1.72 bits per heavy atom. The minimum atomic E-state index is -1.66. The molecule has 2 N–H and O–H groups in total. The standard InChI is InChI=1S/C20H34O9/c1-10(2)7-14(22)27-17-16(29-19(24)12(5)6)13(9-21)26-20(25)18(17)28-15(23)8-11(3)4/h10-13,16-18,20-21,25H,7-9H2,1-6H3/t13-,16-,17?,18-,20+/m1/s1. The molecule has 1 aliphatic rings. The zero-order valence-electron chi connectivity index (χ0n) is 18.0. The van der Waals surface area contributed by atoms with Crippen molar-refractivity contribution in [2.45, 2.75) is 85.1 Å². The molecule has 9 heteroatoms. The van der Waals surface area contributed by atoms with Crippen molar-refractivity contribution >= 4 is 17.9 Å². The monoisotopic (exact) mass is 418 g/mol. The molecular formula is C20H34O9. The third-order valence-corrected chi connectivity index (χ3v) is 4.20. The fourth-order valence-corrected chi connectivity index (χ4v) is 2.78. The summed E-state index contributed by atoms with van der Waals surface area (Å²) in [4.78, 5) is 36.7. The summed E-state index contributed by atoms with van der Waals surface area (Å²) >= 11 is 0. The van der Waals surface area contributed by atoms with Gasteiger partial charge in [0.25, 0.3) is 0 Å². The van der Waals surface area contributed by atoms with Gasteiger partial charge in [-0.3, -0.25) is 14.4 Å². The van der Waals surface area contributed by atoms with Crippen LogP contribution in [-0.2, 0) is 33.3 Å². The van der Waals surface area contributed by atoms with Crippen LogP contribution in [0.3, 0.4) is 0 Å². The molecule has 5 atom stereocenters. The highest BCUT2D eigenvalue weighted by atomic mass is 16.7. The number of esters is 3. The van der Waals surface area contributed by atoms with Gasteiger partial charge in [-0.1, -0.05) is 41.5 Å². The Hall–Kier alpha value is -1.71. The Balaban J connectivity index is 3.17. The maximum Gasteiger partial charge on any atom is 0.308 e. The quantitative estimate of drug-likeness (QED) is 0.419. The number of ether oxygens (including phenoxy) is 4. The Morgan fingerprint density at radius 1 is 0.828 bits per heavy atom. The van der Waals surface area contributed by atoms with E-state index in [4.69, 9.17) is 18.9 Å². The zero-order valence-corrected chi connectivity index (χ0v) is 18.0. The third-order valence-electron chi connectivity index (χ3n) is 4.20. The first kappa shape index (κ1) is 25.3. The van der Waals surface area contributed by atoms with E-state index in [-0.39, 0.29) is 24.7 Å². The molecule has 1 saturated heterocycles. The molecule has 168 valence electrons. The smallest absolute Gasteiger partial charge is 0.308 e. The van der Waals surface area contributed by atoms with E-state index in [1.807, 2.05) is 27.7 Å². The summed E-state index contributed by atoms with van der Waals surface area (Å²) in [6, 6.07) is 0. The highest BCUT2D eigenvalue weighted by Gasteiger charge is 2.51. The molecule has 29 heavy (non-hydrogen) atoms. The average Bonchev–Trinajstić information content (AvgIpc) is 2.58. The molecule has 1 rings (SSSR count). The van der Waals surface area contributed by atoms with Gasteiger partial charge in [0.1, 0.15) is 6.10 Å². The van der Waals surface area contributed by atoms with E-state index < -0.39 is 61.1 Å². The molecule has 0 amide bonds. The third kappa shape index (κ3) is 7.91. The van der Waals surface area contributed by atoms with E-state index >= 15 is 0 Å². The summed E-state index contributed by atoms with van der Waals surface area (Å²) in [5.41, 5.74) is 0. The normalized spacial score (nSPS) is 27.2. The summed E-state index contributed by atoms with van der Waals surface area (Å²) in [5, 5.41) is 20.0. The van der Waals surface area contributed by atoms with E-state index in [9.17, 15) is 24.6 Å². The van der Waals surface area contributed by atoms with Crippen molar-refractivity contribution in [2.24, 2.45) is 17.8 Å². The maximum absolute atomic E-state index is 12.3. The maximum atomic E-state index is 12.3. The van der Waals surface area contributed by atoms with Crippen LogP contribution in [-0.4, -0.2) is 65.4 Å². The molecule has 0 aromatic rings. The van der Waals surface area contributed by atoms with Crippen LogP contribution in [0.1, 0.15) is 54.4 Å². The van der Waals surface area contributed by atoms with Crippen molar-refractivity contribution in [3.05, 3.63) is 0 Å². The topological polar surface area (TPSA) is 129 Å². The minimum Gasteiger partial charge on any atom is -0.455 e. The Labute approximate surface area is 171 Å². The minimum absolute atomic E-state index is 0.000455. The lowest BCUT2D eigenvalue weighted by atomic mass is 9.97. The second kappa shape index (κ2) is 11.5. The lowest BCUT2D eigenvalue weighted by Gasteiger charge is -2.43. The molecule has 1 unspecified atom stereocenters. The second-order valence-electron chi connectivity index (χ2n) is 8.41. The van der Waals surface area contributed by atoms with Gasteiger partial charge in [0.05, 0.1) is 12.5 Å². The summed E-state index contributed by atoms with van der Waals surface area (Å²) in [7, 11) is 0. The predicted molar refractivity (Wildman–Crippen MR) is 101 cm³/mol. The van der Waals surface area contributed by atoms with Crippen LogP contribution in [0.25, 0.3) is 0 Å². The zero-order chi connectivity index (χ0) is 22.3. The Bertz CT molecular complexity index is 558. The second-order valence-corrected chi connectivity index (χ2v) is 8.41. The highest BCUT2D eigenvalue weighted by molar-refractivity contribution is 5.72. The van der Waals surface area contributed by atoms with E-state index in [1.165, 1.54) is 0 Å². The molecule has 9 nitrogen and oxygen atoms in total. The largest absolute Gasteiger partial charge is 0.455 e. The van der Waals surface area contributed by atoms with Gasteiger partial charge in [-0.05, 0) is 11.8 Å². The summed E-state index contributed by atoms with van der Waals surface area (Å²) in [5.74, 6) is -2.31.